The van der Waals surface area contributed by atoms with Gasteiger partial charge in [-0.1, -0.05) is 6.07 Å². The molecule has 14 heteroatoms. The molecule has 0 bridgehead atoms. The molecule has 1 amide bonds. The van der Waals surface area contributed by atoms with Crippen LogP contribution < -0.4 is 10.1 Å². The molecular formula is C26H30F3N5O5S. The number of carbonyl (C=O) groups is 1. The van der Waals surface area contributed by atoms with Crippen molar-refractivity contribution in [2.24, 2.45) is 5.92 Å². The Kier molecular flexibility index (Phi) is 8.49. The number of carbonyl (C=O) groups excluding carboxylic acids is 1. The van der Waals surface area contributed by atoms with E-state index in [9.17, 15) is 26.4 Å². The average molecular weight is 582 g/mol. The van der Waals surface area contributed by atoms with Gasteiger partial charge < -0.3 is 19.7 Å². The minimum Gasteiger partial charge on any atom is -0.481 e. The lowest BCUT2D eigenvalue weighted by molar-refractivity contribution is -0.190. The van der Waals surface area contributed by atoms with Crippen LogP contribution in [0.3, 0.4) is 0 Å². The van der Waals surface area contributed by atoms with Crippen LogP contribution in [0.2, 0.25) is 0 Å². The highest BCUT2D eigenvalue weighted by Gasteiger charge is 2.46. The van der Waals surface area contributed by atoms with Gasteiger partial charge >= 0.3 is 6.18 Å². The Bertz CT molecular complexity index is 1470. The lowest BCUT2D eigenvalue weighted by atomic mass is 9.99. The SMILES string of the molecule is COc1ccc2ncc(Nc3ccc([C@H](N(C)C(=O)C4CCS(=O)(=O)CC4)C(F)(F)F)cn3)c([C@@H](C)OC)c2n1. The van der Waals surface area contributed by atoms with Crippen molar-refractivity contribution in [2.75, 3.05) is 38.1 Å². The summed E-state index contributed by atoms with van der Waals surface area (Å²) in [6.45, 7) is 1.82. The van der Waals surface area contributed by atoms with E-state index in [4.69, 9.17) is 9.47 Å². The highest BCUT2D eigenvalue weighted by Crippen LogP contribution is 2.39. The maximum Gasteiger partial charge on any atom is 0.413 e. The molecule has 2 atom stereocenters. The normalized spacial score (nSPS) is 17.3. The van der Waals surface area contributed by atoms with Crippen molar-refractivity contribution < 1.29 is 35.9 Å². The molecule has 0 aromatic carbocycles. The Morgan fingerprint density at radius 3 is 2.38 bits per heavy atom. The van der Waals surface area contributed by atoms with Gasteiger partial charge in [-0.05, 0) is 31.9 Å². The fourth-order valence-electron chi connectivity index (χ4n) is 4.77. The van der Waals surface area contributed by atoms with Gasteiger partial charge in [-0.15, -0.1) is 0 Å². The molecule has 1 fully saturated rings. The number of hydrogen-bond acceptors (Lipinski definition) is 9. The lowest BCUT2D eigenvalue weighted by Crippen LogP contribution is -2.44. The van der Waals surface area contributed by atoms with E-state index in [0.717, 1.165) is 13.2 Å². The fourth-order valence-corrected chi connectivity index (χ4v) is 6.26. The molecule has 0 radical (unpaired) electrons. The Balaban J connectivity index is 1.61. The molecule has 4 heterocycles. The number of fused-ring (bicyclic) bond motifs is 1. The van der Waals surface area contributed by atoms with E-state index in [1.807, 2.05) is 6.92 Å². The van der Waals surface area contributed by atoms with Crippen LogP contribution in [0.5, 0.6) is 5.88 Å². The fraction of sp³-hybridized carbons (Fsp3) is 0.462. The molecule has 3 aromatic heterocycles. The van der Waals surface area contributed by atoms with Gasteiger partial charge in [0.15, 0.2) is 6.04 Å². The molecular weight excluding hydrogens is 551 g/mol. The second-order valence-corrected chi connectivity index (χ2v) is 11.9. The van der Waals surface area contributed by atoms with Crippen molar-refractivity contribution in [1.29, 1.82) is 0 Å². The molecule has 1 saturated heterocycles. The number of methoxy groups -OCH3 is 2. The van der Waals surface area contributed by atoms with Crippen molar-refractivity contribution in [3.05, 3.63) is 47.8 Å². The van der Waals surface area contributed by atoms with Crippen LogP contribution in [0, 0.1) is 5.92 Å². The number of amides is 1. The summed E-state index contributed by atoms with van der Waals surface area (Å²) in [5.41, 5.74) is 2.05. The zero-order valence-electron chi connectivity index (χ0n) is 22.4. The van der Waals surface area contributed by atoms with Crippen LogP contribution in [0.4, 0.5) is 24.7 Å². The first kappa shape index (κ1) is 29.5. The monoisotopic (exact) mass is 581 g/mol. The first-order chi connectivity index (χ1) is 18.8. The van der Waals surface area contributed by atoms with Gasteiger partial charge in [0.05, 0.1) is 42.1 Å². The number of alkyl halides is 3. The Hall–Kier alpha value is -3.52. The summed E-state index contributed by atoms with van der Waals surface area (Å²) in [6.07, 6.45) is -2.58. The number of anilines is 2. The number of rotatable bonds is 8. The van der Waals surface area contributed by atoms with Crippen LogP contribution >= 0.6 is 0 Å². The Morgan fingerprint density at radius 2 is 1.80 bits per heavy atom. The van der Waals surface area contributed by atoms with Gasteiger partial charge in [0.1, 0.15) is 21.2 Å². The van der Waals surface area contributed by atoms with Crippen LogP contribution in [0.1, 0.15) is 43.0 Å². The van der Waals surface area contributed by atoms with Crippen LogP contribution in [0.25, 0.3) is 11.0 Å². The van der Waals surface area contributed by atoms with E-state index in [-0.39, 0.29) is 35.7 Å². The molecule has 1 aliphatic rings. The quantitative estimate of drug-likeness (QED) is 0.413. The summed E-state index contributed by atoms with van der Waals surface area (Å²) in [5, 5.41) is 3.08. The molecule has 216 valence electrons. The average Bonchev–Trinajstić information content (AvgIpc) is 2.92. The maximum atomic E-state index is 14.2. The molecule has 0 spiro atoms. The third-order valence-corrected chi connectivity index (χ3v) is 8.72. The summed E-state index contributed by atoms with van der Waals surface area (Å²) in [6, 6.07) is 3.81. The van der Waals surface area contributed by atoms with E-state index >= 15 is 0 Å². The van der Waals surface area contributed by atoms with Gasteiger partial charge in [-0.3, -0.25) is 9.78 Å². The van der Waals surface area contributed by atoms with Gasteiger partial charge in [-0.25, -0.2) is 18.4 Å². The second kappa shape index (κ2) is 11.5. The number of aromatic nitrogens is 3. The summed E-state index contributed by atoms with van der Waals surface area (Å²) < 4.78 is 76.7. The lowest BCUT2D eigenvalue weighted by Gasteiger charge is -2.33. The van der Waals surface area contributed by atoms with Crippen molar-refractivity contribution in [3.63, 3.8) is 0 Å². The predicted molar refractivity (Wildman–Crippen MR) is 142 cm³/mol. The number of halogens is 3. The number of hydrogen-bond donors (Lipinski definition) is 1. The molecule has 10 nitrogen and oxygen atoms in total. The Morgan fingerprint density at radius 1 is 1.10 bits per heavy atom. The molecule has 0 unspecified atom stereocenters. The van der Waals surface area contributed by atoms with E-state index in [1.165, 1.54) is 26.4 Å². The number of nitrogens with one attached hydrogen (secondary N) is 1. The molecule has 1 N–H and O–H groups in total. The molecule has 40 heavy (non-hydrogen) atoms. The maximum absolute atomic E-state index is 14.2. The van der Waals surface area contributed by atoms with Gasteiger partial charge in [0, 0.05) is 43.5 Å². The van der Waals surface area contributed by atoms with Crippen LogP contribution in [0.15, 0.2) is 36.7 Å². The summed E-state index contributed by atoms with van der Waals surface area (Å²) in [5.74, 6) is -1.35. The zero-order chi connectivity index (χ0) is 29.2. The smallest absolute Gasteiger partial charge is 0.413 e. The number of ether oxygens (including phenoxy) is 2. The third-order valence-electron chi connectivity index (χ3n) is 7.01. The standard InChI is InChI=1S/C26H30F3N5O5S/c1-15(38-3)22-19(14-30-18-6-8-21(39-4)33-23(18)22)32-20-7-5-17(13-31-20)24(26(27,28)29)34(2)25(35)16-9-11-40(36,37)12-10-16/h5-8,13-16,24H,9-12H2,1-4H3,(H,31,32)/t15-,24+/m1/s1. The first-order valence-corrected chi connectivity index (χ1v) is 14.3. The predicted octanol–water partition coefficient (Wildman–Crippen LogP) is 4.37. The van der Waals surface area contributed by atoms with Crippen molar-refractivity contribution in [2.45, 2.75) is 38.1 Å². The first-order valence-electron chi connectivity index (χ1n) is 12.5. The van der Waals surface area contributed by atoms with Crippen molar-refractivity contribution in [3.8, 4) is 5.88 Å². The molecule has 3 aromatic rings. The van der Waals surface area contributed by atoms with Gasteiger partial charge in [-0.2, -0.15) is 13.2 Å². The zero-order valence-corrected chi connectivity index (χ0v) is 23.2. The summed E-state index contributed by atoms with van der Waals surface area (Å²) in [4.78, 5) is 26.6. The van der Waals surface area contributed by atoms with E-state index < -0.39 is 40.0 Å². The number of sulfone groups is 1. The molecule has 1 aliphatic heterocycles. The minimum atomic E-state index is -4.78. The van der Waals surface area contributed by atoms with E-state index in [1.54, 1.807) is 18.3 Å². The summed E-state index contributed by atoms with van der Waals surface area (Å²) in [7, 11) is 0.845. The highest BCUT2D eigenvalue weighted by molar-refractivity contribution is 7.91. The number of pyridine rings is 3. The molecule has 0 saturated carbocycles. The molecule has 4 rings (SSSR count). The van der Waals surface area contributed by atoms with Crippen LogP contribution in [-0.2, 0) is 19.4 Å². The topological polar surface area (TPSA) is 124 Å². The van der Waals surface area contributed by atoms with E-state index in [0.29, 0.717) is 33.1 Å². The third kappa shape index (κ3) is 6.28. The highest BCUT2D eigenvalue weighted by atomic mass is 32.2. The van der Waals surface area contributed by atoms with E-state index in [2.05, 4.69) is 20.3 Å². The van der Waals surface area contributed by atoms with Gasteiger partial charge in [0.2, 0.25) is 11.8 Å². The largest absolute Gasteiger partial charge is 0.481 e. The van der Waals surface area contributed by atoms with Gasteiger partial charge in [0.25, 0.3) is 0 Å². The van der Waals surface area contributed by atoms with Crippen molar-refractivity contribution >= 4 is 38.3 Å². The Labute approximate surface area is 229 Å². The number of nitrogens with zero attached hydrogens (tertiary/aromatic N) is 4. The minimum absolute atomic E-state index is 0.0000527. The van der Waals surface area contributed by atoms with Crippen molar-refractivity contribution in [1.82, 2.24) is 19.9 Å². The summed E-state index contributed by atoms with van der Waals surface area (Å²) >= 11 is 0. The van der Waals surface area contributed by atoms with Crippen LogP contribution in [-0.4, -0.2) is 73.1 Å². The molecule has 0 aliphatic carbocycles. The second-order valence-electron chi connectivity index (χ2n) is 9.61.